The van der Waals surface area contributed by atoms with Crippen molar-refractivity contribution in [3.8, 4) is 34.6 Å². The molecular formula is C50H26N4OS. The van der Waals surface area contributed by atoms with Crippen molar-refractivity contribution in [2.75, 3.05) is 0 Å². The van der Waals surface area contributed by atoms with Crippen LogP contribution in [0, 0.1) is 22.7 Å². The predicted molar refractivity (Wildman–Crippen MR) is 230 cm³/mol. The van der Waals surface area contributed by atoms with E-state index in [2.05, 4.69) is 155 Å². The highest BCUT2D eigenvalue weighted by Gasteiger charge is 2.18. The Morgan fingerprint density at radius 1 is 0.393 bits per heavy atom. The van der Waals surface area contributed by atoms with Crippen molar-refractivity contribution >= 4 is 97.1 Å². The van der Waals surface area contributed by atoms with Gasteiger partial charge >= 0.3 is 0 Å². The Bertz CT molecular complexity index is 3750. The Morgan fingerprint density at radius 2 is 0.911 bits per heavy atom. The highest BCUT2D eigenvalue weighted by molar-refractivity contribution is 7.25. The van der Waals surface area contributed by atoms with Gasteiger partial charge in [0.25, 0.3) is 0 Å². The molecule has 0 aliphatic heterocycles. The van der Waals surface area contributed by atoms with Crippen LogP contribution in [0.4, 0.5) is 0 Å². The van der Waals surface area contributed by atoms with Crippen LogP contribution in [0.15, 0.2) is 162 Å². The second-order valence-electron chi connectivity index (χ2n) is 14.4. The zero-order chi connectivity index (χ0) is 37.1. The Kier molecular flexibility index (Phi) is 6.28. The number of nitrogens with zero attached hydrogens (tertiary/aromatic N) is 4. The second-order valence-corrected chi connectivity index (χ2v) is 15.5. The van der Waals surface area contributed by atoms with E-state index in [1.54, 1.807) is 0 Å². The van der Waals surface area contributed by atoms with Gasteiger partial charge in [-0.25, -0.2) is 0 Å². The van der Waals surface area contributed by atoms with E-state index in [0.717, 1.165) is 88.1 Å². The van der Waals surface area contributed by atoms with Gasteiger partial charge in [0.2, 0.25) is 0 Å². The number of fused-ring (bicyclic) bond motifs is 12. The van der Waals surface area contributed by atoms with Crippen molar-refractivity contribution < 1.29 is 4.42 Å². The molecule has 8 aromatic carbocycles. The van der Waals surface area contributed by atoms with Crippen LogP contribution in [0.1, 0.15) is 11.1 Å². The molecule has 0 radical (unpaired) electrons. The summed E-state index contributed by atoms with van der Waals surface area (Å²) < 4.78 is 13.4. The molecule has 0 aliphatic rings. The molecule has 0 bridgehead atoms. The number of furan rings is 1. The molecule has 0 fully saturated rings. The molecule has 12 aromatic rings. The largest absolute Gasteiger partial charge is 0.456 e. The number of rotatable bonds is 3. The third-order valence-electron chi connectivity index (χ3n) is 11.4. The SMILES string of the molecule is N#Cc1ccc2c(c1)c1ccccc1n2-c1ccc2sc3ccc(-c4ccc5oc6ccc(-n7c8ccccc8c8ccc(C#N)cc87)cc6c5c4)cc3c2c1. The maximum Gasteiger partial charge on any atom is 0.135 e. The highest BCUT2D eigenvalue weighted by Crippen LogP contribution is 2.41. The minimum absolute atomic E-state index is 0.634. The highest BCUT2D eigenvalue weighted by atomic mass is 32.1. The summed E-state index contributed by atoms with van der Waals surface area (Å²) in [5.41, 5.74) is 11.6. The number of aromatic nitrogens is 2. The van der Waals surface area contributed by atoms with Crippen LogP contribution in [0.25, 0.3) is 108 Å². The molecule has 0 amide bonds. The summed E-state index contributed by atoms with van der Waals surface area (Å²) in [5, 5.41) is 28.4. The maximum atomic E-state index is 9.74. The topological polar surface area (TPSA) is 70.6 Å². The number of benzene rings is 8. The molecule has 0 saturated heterocycles. The molecule has 4 aromatic heterocycles. The third kappa shape index (κ3) is 4.33. The van der Waals surface area contributed by atoms with Crippen molar-refractivity contribution in [1.82, 2.24) is 9.13 Å². The molecule has 0 N–H and O–H groups in total. The molecule has 0 aliphatic carbocycles. The predicted octanol–water partition coefficient (Wildman–Crippen LogP) is 13.6. The van der Waals surface area contributed by atoms with E-state index < -0.39 is 0 Å². The molecular weight excluding hydrogens is 705 g/mol. The lowest BCUT2D eigenvalue weighted by atomic mass is 10.0. The Hall–Kier alpha value is -7.64. The van der Waals surface area contributed by atoms with E-state index in [0.29, 0.717) is 11.1 Å². The molecule has 6 heteroatoms. The zero-order valence-electron chi connectivity index (χ0n) is 29.6. The van der Waals surface area contributed by atoms with Gasteiger partial charge in [-0.1, -0.05) is 54.6 Å². The number of para-hydroxylation sites is 2. The normalized spacial score (nSPS) is 11.9. The molecule has 4 heterocycles. The number of hydrogen-bond donors (Lipinski definition) is 0. The Balaban J connectivity index is 1.01. The molecule has 258 valence electrons. The van der Waals surface area contributed by atoms with Crippen LogP contribution in [0.2, 0.25) is 0 Å². The first-order chi connectivity index (χ1) is 27.6. The first-order valence-electron chi connectivity index (χ1n) is 18.4. The quantitative estimate of drug-likeness (QED) is 0.182. The Morgan fingerprint density at radius 3 is 1.68 bits per heavy atom. The van der Waals surface area contributed by atoms with E-state index in [9.17, 15) is 10.5 Å². The van der Waals surface area contributed by atoms with Gasteiger partial charge in [-0.3, -0.25) is 0 Å². The van der Waals surface area contributed by atoms with E-state index >= 15 is 0 Å². The molecule has 56 heavy (non-hydrogen) atoms. The zero-order valence-corrected chi connectivity index (χ0v) is 30.4. The van der Waals surface area contributed by atoms with Gasteiger partial charge in [0.15, 0.2) is 0 Å². The minimum atomic E-state index is 0.634. The van der Waals surface area contributed by atoms with Gasteiger partial charge in [0, 0.05) is 63.9 Å². The number of thiophene rings is 1. The maximum absolute atomic E-state index is 9.74. The monoisotopic (exact) mass is 730 g/mol. The summed E-state index contributed by atoms with van der Waals surface area (Å²) in [4.78, 5) is 0. The van der Waals surface area contributed by atoms with E-state index in [4.69, 9.17) is 4.42 Å². The van der Waals surface area contributed by atoms with Gasteiger partial charge in [-0.2, -0.15) is 10.5 Å². The van der Waals surface area contributed by atoms with Crippen molar-refractivity contribution in [3.05, 3.63) is 169 Å². The van der Waals surface area contributed by atoms with Crippen LogP contribution in [0.3, 0.4) is 0 Å². The number of nitriles is 2. The van der Waals surface area contributed by atoms with Crippen LogP contribution < -0.4 is 0 Å². The first-order valence-corrected chi connectivity index (χ1v) is 19.3. The van der Waals surface area contributed by atoms with Gasteiger partial charge < -0.3 is 13.6 Å². The smallest absolute Gasteiger partial charge is 0.135 e. The average molecular weight is 731 g/mol. The molecule has 0 atom stereocenters. The van der Waals surface area contributed by atoms with Gasteiger partial charge in [-0.05, 0) is 114 Å². The lowest BCUT2D eigenvalue weighted by Crippen LogP contribution is -1.93. The van der Waals surface area contributed by atoms with Crippen molar-refractivity contribution in [3.63, 3.8) is 0 Å². The Labute approximate surface area is 323 Å². The van der Waals surface area contributed by atoms with Gasteiger partial charge in [0.05, 0.1) is 45.3 Å². The summed E-state index contributed by atoms with van der Waals surface area (Å²) in [6.07, 6.45) is 0. The summed E-state index contributed by atoms with van der Waals surface area (Å²) in [7, 11) is 0. The van der Waals surface area contributed by atoms with Crippen LogP contribution >= 0.6 is 11.3 Å². The van der Waals surface area contributed by atoms with E-state index in [1.165, 1.54) is 20.2 Å². The van der Waals surface area contributed by atoms with Gasteiger partial charge in [-0.15, -0.1) is 11.3 Å². The fourth-order valence-electron chi connectivity index (χ4n) is 8.81. The lowest BCUT2D eigenvalue weighted by Gasteiger charge is -2.09. The third-order valence-corrected chi connectivity index (χ3v) is 12.5. The molecule has 0 saturated carbocycles. The van der Waals surface area contributed by atoms with Crippen molar-refractivity contribution in [2.24, 2.45) is 0 Å². The standard InChI is InChI=1S/C50H26N4OS/c51-27-29-10-16-45-38(21-29)36-6-2-4-8-44(36)53(45)34-14-20-50-42(26-34)41-24-32(12-19-49(41)56-50)31-11-17-47-39(23-31)40-25-33(13-18-48(40)55-47)54-43-7-3-1-5-35(43)37-15-9-30(28-52)22-46(37)54/h1-26H. The summed E-state index contributed by atoms with van der Waals surface area (Å²) in [6, 6.07) is 59.7. The van der Waals surface area contributed by atoms with Crippen LogP contribution in [0.5, 0.6) is 0 Å². The van der Waals surface area contributed by atoms with Gasteiger partial charge in [0.1, 0.15) is 11.2 Å². The second kappa shape index (κ2) is 11.4. The van der Waals surface area contributed by atoms with E-state index in [-0.39, 0.29) is 0 Å². The molecule has 0 unspecified atom stereocenters. The summed E-state index contributed by atoms with van der Waals surface area (Å²) >= 11 is 1.81. The fourth-order valence-corrected chi connectivity index (χ4v) is 9.87. The lowest BCUT2D eigenvalue weighted by molar-refractivity contribution is 0.669. The van der Waals surface area contributed by atoms with Crippen molar-refractivity contribution in [2.45, 2.75) is 0 Å². The van der Waals surface area contributed by atoms with E-state index in [1.807, 2.05) is 35.6 Å². The van der Waals surface area contributed by atoms with Crippen molar-refractivity contribution in [1.29, 1.82) is 10.5 Å². The average Bonchev–Trinajstić information content (AvgIpc) is 3.99. The molecule has 0 spiro atoms. The molecule has 5 nitrogen and oxygen atoms in total. The summed E-state index contributed by atoms with van der Waals surface area (Å²) in [5.74, 6) is 0. The fraction of sp³-hybridized carbons (Fsp3) is 0. The molecule has 12 rings (SSSR count). The minimum Gasteiger partial charge on any atom is -0.456 e. The van der Waals surface area contributed by atoms with Crippen LogP contribution in [-0.2, 0) is 0 Å². The summed E-state index contributed by atoms with van der Waals surface area (Å²) in [6.45, 7) is 0. The number of hydrogen-bond acceptors (Lipinski definition) is 4. The first kappa shape index (κ1) is 30.8. The van der Waals surface area contributed by atoms with Crippen LogP contribution in [-0.4, -0.2) is 9.13 Å².